The number of ether oxygens (including phenoxy) is 1. The largest absolute Gasteiger partial charge is 0.381 e. The van der Waals surface area contributed by atoms with E-state index in [1.54, 1.807) is 18.2 Å². The first-order valence-electron chi connectivity index (χ1n) is 9.40. The molecule has 3 aromatic rings. The molecule has 29 heavy (non-hydrogen) atoms. The van der Waals surface area contributed by atoms with Crippen LogP contribution in [0.25, 0.3) is 10.9 Å². The lowest BCUT2D eigenvalue weighted by Gasteiger charge is -2.38. The minimum atomic E-state index is -3.34. The van der Waals surface area contributed by atoms with Crippen molar-refractivity contribution in [2.75, 3.05) is 31.3 Å². The maximum absolute atomic E-state index is 13.4. The number of fused-ring (bicyclic) bond motifs is 1. The van der Waals surface area contributed by atoms with Gasteiger partial charge in [-0.1, -0.05) is 12.1 Å². The minimum Gasteiger partial charge on any atom is -0.381 e. The summed E-state index contributed by atoms with van der Waals surface area (Å²) in [6, 6.07) is 11.4. The summed E-state index contributed by atoms with van der Waals surface area (Å²) in [7, 11) is -3.34. The molecule has 1 aliphatic heterocycles. The van der Waals surface area contributed by atoms with Crippen LogP contribution in [0.4, 0.5) is 10.2 Å². The molecule has 0 spiro atoms. The number of sulfone groups is 1. The van der Waals surface area contributed by atoms with Crippen molar-refractivity contribution in [2.24, 2.45) is 0 Å². The van der Waals surface area contributed by atoms with Gasteiger partial charge in [-0.05, 0) is 48.7 Å². The Morgan fingerprint density at radius 2 is 1.83 bits per heavy atom. The highest BCUT2D eigenvalue weighted by Gasteiger charge is 2.34. The molecule has 1 N–H and O–H groups in total. The lowest BCUT2D eigenvalue weighted by atomic mass is 9.74. The highest BCUT2D eigenvalue weighted by atomic mass is 32.2. The van der Waals surface area contributed by atoms with Crippen LogP contribution in [0.2, 0.25) is 0 Å². The summed E-state index contributed by atoms with van der Waals surface area (Å²) in [5, 5.41) is 4.04. The van der Waals surface area contributed by atoms with Crippen molar-refractivity contribution in [1.29, 1.82) is 0 Å². The lowest BCUT2D eigenvalue weighted by Crippen LogP contribution is -2.40. The van der Waals surface area contributed by atoms with Crippen molar-refractivity contribution < 1.29 is 17.5 Å². The molecule has 1 fully saturated rings. The molecule has 0 amide bonds. The van der Waals surface area contributed by atoms with Crippen LogP contribution < -0.4 is 5.32 Å². The number of rotatable bonds is 5. The molecule has 2 heterocycles. The molecule has 0 unspecified atom stereocenters. The van der Waals surface area contributed by atoms with Crippen LogP contribution in [-0.4, -0.2) is 44.4 Å². The molecule has 1 aromatic heterocycles. The van der Waals surface area contributed by atoms with Crippen LogP contribution in [0.1, 0.15) is 18.4 Å². The van der Waals surface area contributed by atoms with Gasteiger partial charge in [0.15, 0.2) is 9.84 Å². The van der Waals surface area contributed by atoms with Crippen molar-refractivity contribution in [3.63, 3.8) is 0 Å². The molecule has 4 rings (SSSR count). The summed E-state index contributed by atoms with van der Waals surface area (Å²) in [6.45, 7) is 1.82. The molecule has 2 aromatic carbocycles. The molecule has 0 atom stereocenters. The zero-order chi connectivity index (χ0) is 20.5. The summed E-state index contributed by atoms with van der Waals surface area (Å²) in [5.41, 5.74) is 1.49. The quantitative estimate of drug-likeness (QED) is 0.688. The van der Waals surface area contributed by atoms with Gasteiger partial charge in [-0.2, -0.15) is 0 Å². The molecule has 152 valence electrons. The average molecular weight is 415 g/mol. The van der Waals surface area contributed by atoms with Crippen molar-refractivity contribution in [3.8, 4) is 0 Å². The second kappa shape index (κ2) is 7.68. The monoisotopic (exact) mass is 415 g/mol. The van der Waals surface area contributed by atoms with E-state index in [-0.39, 0.29) is 16.1 Å². The molecule has 0 aliphatic carbocycles. The fourth-order valence-electron chi connectivity index (χ4n) is 3.79. The van der Waals surface area contributed by atoms with E-state index in [2.05, 4.69) is 15.3 Å². The zero-order valence-corrected chi connectivity index (χ0v) is 16.9. The summed E-state index contributed by atoms with van der Waals surface area (Å²) in [4.78, 5) is 8.81. The van der Waals surface area contributed by atoms with Gasteiger partial charge in [0.05, 0.1) is 10.4 Å². The third-order valence-electron chi connectivity index (χ3n) is 5.54. The van der Waals surface area contributed by atoms with E-state index >= 15 is 0 Å². The maximum Gasteiger partial charge on any atom is 0.175 e. The van der Waals surface area contributed by atoms with E-state index in [9.17, 15) is 12.8 Å². The Balaban J connectivity index is 1.69. The molecule has 0 saturated carbocycles. The van der Waals surface area contributed by atoms with E-state index in [1.165, 1.54) is 24.7 Å². The van der Waals surface area contributed by atoms with Gasteiger partial charge in [-0.25, -0.2) is 22.8 Å². The van der Waals surface area contributed by atoms with Gasteiger partial charge in [0, 0.05) is 36.8 Å². The lowest BCUT2D eigenvalue weighted by molar-refractivity contribution is 0.0543. The summed E-state index contributed by atoms with van der Waals surface area (Å²) < 4.78 is 42.9. The predicted molar refractivity (Wildman–Crippen MR) is 109 cm³/mol. The summed E-state index contributed by atoms with van der Waals surface area (Å²) in [5.74, 6) is 0.312. The highest BCUT2D eigenvalue weighted by molar-refractivity contribution is 7.90. The fourth-order valence-corrected chi connectivity index (χ4v) is 4.44. The summed E-state index contributed by atoms with van der Waals surface area (Å²) in [6.07, 6.45) is 4.22. The molecule has 0 radical (unpaired) electrons. The van der Waals surface area contributed by atoms with E-state index in [0.717, 1.165) is 18.4 Å². The van der Waals surface area contributed by atoms with Crippen molar-refractivity contribution >= 4 is 26.6 Å². The first-order valence-corrected chi connectivity index (χ1v) is 11.3. The van der Waals surface area contributed by atoms with Crippen molar-refractivity contribution in [2.45, 2.75) is 23.2 Å². The molecular formula is C21H22FN3O3S. The molecule has 8 heteroatoms. The van der Waals surface area contributed by atoms with Crippen LogP contribution in [0.5, 0.6) is 0 Å². The Labute approximate surface area is 169 Å². The first kappa shape index (κ1) is 19.7. The van der Waals surface area contributed by atoms with Crippen molar-refractivity contribution in [1.82, 2.24) is 9.97 Å². The topological polar surface area (TPSA) is 81.2 Å². The number of anilines is 1. The number of benzene rings is 2. The standard InChI is InChI=1S/C21H22FN3O3S/c1-29(26,27)17-6-7-19-18(12-17)20(25-14-24-19)23-13-21(8-10-28-11-9-21)15-2-4-16(22)5-3-15/h2-7,12,14H,8-11,13H2,1H3,(H,23,24,25). The fraction of sp³-hybridized carbons (Fsp3) is 0.333. The van der Waals surface area contributed by atoms with E-state index in [1.807, 2.05) is 12.1 Å². The van der Waals surface area contributed by atoms with Gasteiger partial charge in [-0.15, -0.1) is 0 Å². The molecular weight excluding hydrogens is 393 g/mol. The maximum atomic E-state index is 13.4. The third-order valence-corrected chi connectivity index (χ3v) is 6.65. The minimum absolute atomic E-state index is 0.224. The van der Waals surface area contributed by atoms with Crippen LogP contribution in [0.3, 0.4) is 0 Å². The van der Waals surface area contributed by atoms with Crippen LogP contribution in [0.15, 0.2) is 53.7 Å². The normalized spacial score (nSPS) is 16.6. The average Bonchev–Trinajstić information content (AvgIpc) is 2.72. The number of aromatic nitrogens is 2. The molecule has 0 bridgehead atoms. The van der Waals surface area contributed by atoms with Gasteiger partial charge in [0.2, 0.25) is 0 Å². The van der Waals surface area contributed by atoms with Gasteiger partial charge in [0.1, 0.15) is 18.0 Å². The molecule has 1 saturated heterocycles. The Kier molecular flexibility index (Phi) is 5.23. The van der Waals surface area contributed by atoms with Crippen LogP contribution >= 0.6 is 0 Å². The second-order valence-electron chi connectivity index (χ2n) is 7.43. The number of hydrogen-bond donors (Lipinski definition) is 1. The van der Waals surface area contributed by atoms with Gasteiger partial charge >= 0.3 is 0 Å². The Morgan fingerprint density at radius 3 is 2.52 bits per heavy atom. The number of nitrogens with zero attached hydrogens (tertiary/aromatic N) is 2. The van der Waals surface area contributed by atoms with Crippen molar-refractivity contribution in [3.05, 3.63) is 60.2 Å². The number of halogens is 1. The Bertz CT molecular complexity index is 1130. The van der Waals surface area contributed by atoms with E-state index in [4.69, 9.17) is 4.74 Å². The second-order valence-corrected chi connectivity index (χ2v) is 9.44. The first-order chi connectivity index (χ1) is 13.9. The number of hydrogen-bond acceptors (Lipinski definition) is 6. The molecule has 1 aliphatic rings. The van der Waals surface area contributed by atoms with E-state index < -0.39 is 9.84 Å². The summed E-state index contributed by atoms with van der Waals surface area (Å²) >= 11 is 0. The number of nitrogens with one attached hydrogen (secondary N) is 1. The van der Waals surface area contributed by atoms with E-state index in [0.29, 0.717) is 36.5 Å². The Morgan fingerprint density at radius 1 is 1.10 bits per heavy atom. The smallest absolute Gasteiger partial charge is 0.175 e. The zero-order valence-electron chi connectivity index (χ0n) is 16.1. The van der Waals surface area contributed by atoms with Crippen LogP contribution in [0, 0.1) is 5.82 Å². The van der Waals surface area contributed by atoms with Gasteiger partial charge in [0.25, 0.3) is 0 Å². The third kappa shape index (κ3) is 4.09. The van der Waals surface area contributed by atoms with Gasteiger partial charge < -0.3 is 10.1 Å². The highest BCUT2D eigenvalue weighted by Crippen LogP contribution is 2.36. The predicted octanol–water partition coefficient (Wildman–Crippen LogP) is 3.33. The molecule has 6 nitrogen and oxygen atoms in total. The van der Waals surface area contributed by atoms with Crippen LogP contribution in [-0.2, 0) is 20.0 Å². The Hall–Kier alpha value is -2.58. The SMILES string of the molecule is CS(=O)(=O)c1ccc2ncnc(NCC3(c4ccc(F)cc4)CCOCC3)c2c1. The van der Waals surface area contributed by atoms with Gasteiger partial charge in [-0.3, -0.25) is 0 Å².